The average Bonchev–Trinajstić information content (AvgIpc) is 2.83. The van der Waals surface area contributed by atoms with Gasteiger partial charge in [0, 0.05) is 22.6 Å². The molecular formula is C25H20FN3O3. The molecule has 4 aromatic rings. The van der Waals surface area contributed by atoms with Crippen LogP contribution in [0.4, 0.5) is 4.39 Å². The minimum atomic E-state index is -0.391. The van der Waals surface area contributed by atoms with Crippen molar-refractivity contribution in [3.05, 3.63) is 89.7 Å². The zero-order valence-corrected chi connectivity index (χ0v) is 17.5. The van der Waals surface area contributed by atoms with Gasteiger partial charge in [-0.2, -0.15) is 5.10 Å². The van der Waals surface area contributed by atoms with Crippen molar-refractivity contribution in [2.45, 2.75) is 0 Å². The summed E-state index contributed by atoms with van der Waals surface area (Å²) in [7, 11) is 3.12. The van der Waals surface area contributed by atoms with Crippen molar-refractivity contribution >= 4 is 23.0 Å². The molecule has 7 heteroatoms. The maximum Gasteiger partial charge on any atom is 0.272 e. The number of methoxy groups -OCH3 is 2. The third kappa shape index (κ3) is 4.57. The second kappa shape index (κ2) is 9.26. The number of ether oxygens (including phenoxy) is 2. The predicted molar refractivity (Wildman–Crippen MR) is 122 cm³/mol. The Bertz CT molecular complexity index is 1280. The number of fused-ring (bicyclic) bond motifs is 1. The van der Waals surface area contributed by atoms with Gasteiger partial charge in [0.05, 0.1) is 37.2 Å². The fourth-order valence-electron chi connectivity index (χ4n) is 3.26. The highest BCUT2D eigenvalue weighted by atomic mass is 19.1. The minimum Gasteiger partial charge on any atom is -0.497 e. The minimum absolute atomic E-state index is 0.337. The van der Waals surface area contributed by atoms with Gasteiger partial charge in [-0.25, -0.2) is 14.8 Å². The van der Waals surface area contributed by atoms with E-state index in [0.717, 1.165) is 0 Å². The molecule has 0 fully saturated rings. The van der Waals surface area contributed by atoms with E-state index in [1.165, 1.54) is 18.3 Å². The van der Waals surface area contributed by atoms with Crippen molar-refractivity contribution in [3.8, 4) is 22.8 Å². The number of carbonyl (C=O) groups excluding carboxylic acids is 1. The Morgan fingerprint density at radius 3 is 2.34 bits per heavy atom. The second-order valence-electron chi connectivity index (χ2n) is 6.92. The molecule has 6 nitrogen and oxygen atoms in total. The number of rotatable bonds is 6. The van der Waals surface area contributed by atoms with E-state index < -0.39 is 5.91 Å². The van der Waals surface area contributed by atoms with Crippen molar-refractivity contribution in [1.82, 2.24) is 10.4 Å². The van der Waals surface area contributed by atoms with Crippen LogP contribution < -0.4 is 14.9 Å². The highest BCUT2D eigenvalue weighted by Gasteiger charge is 2.13. The van der Waals surface area contributed by atoms with Gasteiger partial charge in [0.1, 0.15) is 17.3 Å². The summed E-state index contributed by atoms with van der Waals surface area (Å²) in [5.74, 6) is 0.497. The highest BCUT2D eigenvalue weighted by molar-refractivity contribution is 6.07. The SMILES string of the molecule is COc1cc(C=NNC(=O)c2cc(-c3ccc(F)cc3)nc3ccccc23)cc(OC)c1. The molecule has 0 aliphatic carbocycles. The lowest BCUT2D eigenvalue weighted by Gasteiger charge is -2.09. The molecule has 0 radical (unpaired) electrons. The third-order valence-electron chi connectivity index (χ3n) is 4.85. The summed E-state index contributed by atoms with van der Waals surface area (Å²) >= 11 is 0. The van der Waals surface area contributed by atoms with Gasteiger partial charge in [0.15, 0.2) is 0 Å². The molecule has 0 aliphatic heterocycles. The summed E-state index contributed by atoms with van der Waals surface area (Å²) in [6.45, 7) is 0. The smallest absolute Gasteiger partial charge is 0.272 e. The van der Waals surface area contributed by atoms with Gasteiger partial charge in [0.2, 0.25) is 0 Å². The monoisotopic (exact) mass is 429 g/mol. The lowest BCUT2D eigenvalue weighted by Crippen LogP contribution is -2.18. The summed E-state index contributed by atoms with van der Waals surface area (Å²) in [6.07, 6.45) is 1.51. The van der Waals surface area contributed by atoms with Crippen molar-refractivity contribution in [1.29, 1.82) is 0 Å². The largest absolute Gasteiger partial charge is 0.497 e. The first kappa shape index (κ1) is 21.0. The molecule has 1 heterocycles. The Morgan fingerprint density at radius 1 is 0.969 bits per heavy atom. The molecule has 160 valence electrons. The number of amides is 1. The number of hydrazone groups is 1. The van der Waals surface area contributed by atoms with E-state index >= 15 is 0 Å². The van der Waals surface area contributed by atoms with Crippen LogP contribution in [0.25, 0.3) is 22.2 Å². The Morgan fingerprint density at radius 2 is 1.66 bits per heavy atom. The highest BCUT2D eigenvalue weighted by Crippen LogP contribution is 2.25. The number of benzene rings is 3. The quantitative estimate of drug-likeness (QED) is 0.352. The van der Waals surface area contributed by atoms with Crippen molar-refractivity contribution in [3.63, 3.8) is 0 Å². The first-order chi connectivity index (χ1) is 15.6. The van der Waals surface area contributed by atoms with Gasteiger partial charge < -0.3 is 9.47 Å². The number of pyridine rings is 1. The van der Waals surface area contributed by atoms with Crippen LogP contribution in [0, 0.1) is 5.82 Å². The van der Waals surface area contributed by atoms with Crippen LogP contribution >= 0.6 is 0 Å². The van der Waals surface area contributed by atoms with Crippen LogP contribution in [0.3, 0.4) is 0 Å². The number of para-hydroxylation sites is 1. The van der Waals surface area contributed by atoms with Crippen LogP contribution in [0.15, 0.2) is 77.9 Å². The predicted octanol–water partition coefficient (Wildman–Crippen LogP) is 4.82. The van der Waals surface area contributed by atoms with Crippen LogP contribution in [-0.4, -0.2) is 31.3 Å². The van der Waals surface area contributed by atoms with Crippen molar-refractivity contribution in [2.75, 3.05) is 14.2 Å². The molecule has 3 aromatic carbocycles. The lowest BCUT2D eigenvalue weighted by atomic mass is 10.0. The van der Waals surface area contributed by atoms with Crippen molar-refractivity contribution in [2.24, 2.45) is 5.10 Å². The normalized spacial score (nSPS) is 11.0. The van der Waals surface area contributed by atoms with Gasteiger partial charge in [-0.1, -0.05) is 18.2 Å². The van der Waals surface area contributed by atoms with Crippen LogP contribution in [0.5, 0.6) is 11.5 Å². The molecule has 4 rings (SSSR count). The first-order valence-electron chi connectivity index (χ1n) is 9.79. The number of carbonyl (C=O) groups is 1. The number of nitrogens with zero attached hydrogens (tertiary/aromatic N) is 2. The third-order valence-corrected chi connectivity index (χ3v) is 4.85. The standard InChI is InChI=1S/C25H20FN3O3/c1-31-19-11-16(12-20(13-19)32-2)15-27-29-25(30)22-14-24(17-7-9-18(26)10-8-17)28-23-6-4-3-5-21(22)23/h3-15H,1-2H3,(H,29,30). The molecule has 0 bridgehead atoms. The zero-order chi connectivity index (χ0) is 22.5. The van der Waals surface area contributed by atoms with Crippen LogP contribution in [0.1, 0.15) is 15.9 Å². The molecule has 0 atom stereocenters. The second-order valence-corrected chi connectivity index (χ2v) is 6.92. The molecule has 0 spiro atoms. The average molecular weight is 429 g/mol. The number of hydrogen-bond acceptors (Lipinski definition) is 5. The van der Waals surface area contributed by atoms with Gasteiger partial charge in [-0.05, 0) is 48.5 Å². The van der Waals surface area contributed by atoms with Crippen LogP contribution in [0.2, 0.25) is 0 Å². The zero-order valence-electron chi connectivity index (χ0n) is 17.5. The van der Waals surface area contributed by atoms with Gasteiger partial charge in [0.25, 0.3) is 5.91 Å². The topological polar surface area (TPSA) is 72.8 Å². The molecule has 0 saturated carbocycles. The number of halogens is 1. The molecule has 1 aromatic heterocycles. The molecule has 0 unspecified atom stereocenters. The summed E-state index contributed by atoms with van der Waals surface area (Å²) in [6, 6.07) is 20.3. The fourth-order valence-corrected chi connectivity index (χ4v) is 3.26. The number of nitrogens with one attached hydrogen (secondary N) is 1. The summed E-state index contributed by atoms with van der Waals surface area (Å²) in [4.78, 5) is 17.6. The summed E-state index contributed by atoms with van der Waals surface area (Å²) in [5, 5.41) is 4.77. The molecule has 0 aliphatic rings. The van der Waals surface area contributed by atoms with E-state index in [4.69, 9.17) is 9.47 Å². The molecule has 1 amide bonds. The summed E-state index contributed by atoms with van der Waals surface area (Å²) < 4.78 is 23.8. The van der Waals surface area contributed by atoms with E-state index in [1.54, 1.807) is 50.6 Å². The van der Waals surface area contributed by atoms with Gasteiger partial charge >= 0.3 is 0 Å². The van der Waals surface area contributed by atoms with E-state index in [0.29, 0.717) is 44.8 Å². The number of aromatic nitrogens is 1. The lowest BCUT2D eigenvalue weighted by molar-refractivity contribution is 0.0956. The Balaban J connectivity index is 1.64. The van der Waals surface area contributed by atoms with Gasteiger partial charge in [-0.3, -0.25) is 4.79 Å². The Hall–Kier alpha value is -4.26. The number of hydrogen-bond donors (Lipinski definition) is 1. The van der Waals surface area contributed by atoms with E-state index in [1.807, 2.05) is 24.3 Å². The molecule has 1 N–H and O–H groups in total. The fraction of sp³-hybridized carbons (Fsp3) is 0.0800. The summed E-state index contributed by atoms with van der Waals surface area (Å²) in [5.41, 5.74) is 5.60. The van der Waals surface area contributed by atoms with Crippen molar-refractivity contribution < 1.29 is 18.7 Å². The molecular weight excluding hydrogens is 409 g/mol. The molecule has 32 heavy (non-hydrogen) atoms. The first-order valence-corrected chi connectivity index (χ1v) is 9.79. The van der Waals surface area contributed by atoms with Crippen LogP contribution in [-0.2, 0) is 0 Å². The Kier molecular flexibility index (Phi) is 6.07. The van der Waals surface area contributed by atoms with Gasteiger partial charge in [-0.15, -0.1) is 0 Å². The maximum absolute atomic E-state index is 13.3. The van der Waals surface area contributed by atoms with E-state index in [2.05, 4.69) is 15.5 Å². The van der Waals surface area contributed by atoms with E-state index in [9.17, 15) is 9.18 Å². The molecule has 0 saturated heterocycles. The van der Waals surface area contributed by atoms with E-state index in [-0.39, 0.29) is 5.82 Å². The Labute approximate surface area is 184 Å². The maximum atomic E-state index is 13.3.